The molecule has 0 fully saturated rings. The first kappa shape index (κ1) is 21.5. The van der Waals surface area contributed by atoms with Gasteiger partial charge in [-0.3, -0.25) is 4.57 Å². The van der Waals surface area contributed by atoms with Gasteiger partial charge >= 0.3 is 0 Å². The van der Waals surface area contributed by atoms with Crippen molar-refractivity contribution >= 4 is 65.3 Å². The highest BCUT2D eigenvalue weighted by molar-refractivity contribution is 6.16. The Hall–Kier alpha value is -5.48. The van der Waals surface area contributed by atoms with Gasteiger partial charge in [0.05, 0.1) is 33.3 Å². The van der Waals surface area contributed by atoms with Crippen LogP contribution in [-0.2, 0) is 0 Å². The van der Waals surface area contributed by atoms with Gasteiger partial charge < -0.3 is 4.57 Å². The second kappa shape index (κ2) is 8.01. The number of nitrogens with zero attached hydrogens (tertiary/aromatic N) is 4. The second-order valence-corrected chi connectivity index (χ2v) is 10.3. The Balaban J connectivity index is 1.42. The Morgan fingerprint density at radius 1 is 0.425 bits per heavy atom. The highest BCUT2D eigenvalue weighted by Gasteiger charge is 2.20. The molecule has 0 aliphatic rings. The quantitative estimate of drug-likeness (QED) is 0.218. The van der Waals surface area contributed by atoms with Crippen LogP contribution in [0.1, 0.15) is 0 Å². The van der Waals surface area contributed by atoms with Crippen LogP contribution in [0.4, 0.5) is 0 Å². The SMILES string of the molecule is c1ccc2c(c1)ccc1cnc(-n3c4ccccc4c4c(-n5c6ccccc6c6ccccc65)cccc43)nc12. The third-order valence-corrected chi connectivity index (χ3v) is 8.16. The summed E-state index contributed by atoms with van der Waals surface area (Å²) < 4.78 is 4.61. The number of hydrogen-bond acceptors (Lipinski definition) is 2. The minimum Gasteiger partial charge on any atom is -0.309 e. The molecule has 0 atom stereocenters. The molecule has 6 aromatic carbocycles. The first-order valence-electron chi connectivity index (χ1n) is 13.5. The normalized spacial score (nSPS) is 12.0. The summed E-state index contributed by atoms with van der Waals surface area (Å²) >= 11 is 0. The molecule has 0 aliphatic heterocycles. The maximum atomic E-state index is 5.18. The lowest BCUT2D eigenvalue weighted by Crippen LogP contribution is -2.01. The molecule has 3 aromatic heterocycles. The zero-order valence-electron chi connectivity index (χ0n) is 21.5. The Morgan fingerprint density at radius 3 is 1.75 bits per heavy atom. The smallest absolute Gasteiger partial charge is 0.235 e. The lowest BCUT2D eigenvalue weighted by molar-refractivity contribution is 1.01. The first-order valence-corrected chi connectivity index (χ1v) is 13.5. The molecule has 9 aromatic rings. The zero-order chi connectivity index (χ0) is 26.2. The van der Waals surface area contributed by atoms with Crippen molar-refractivity contribution in [3.05, 3.63) is 134 Å². The van der Waals surface area contributed by atoms with Crippen LogP contribution < -0.4 is 0 Å². The average molecular weight is 511 g/mol. The van der Waals surface area contributed by atoms with E-state index in [1.807, 2.05) is 6.20 Å². The summed E-state index contributed by atoms with van der Waals surface area (Å²) in [6, 6.07) is 45.1. The highest BCUT2D eigenvalue weighted by atomic mass is 15.2. The van der Waals surface area contributed by atoms with E-state index in [1.165, 1.54) is 38.0 Å². The van der Waals surface area contributed by atoms with Gasteiger partial charge in [0.2, 0.25) is 5.95 Å². The summed E-state index contributed by atoms with van der Waals surface area (Å²) in [5.41, 5.74) is 6.68. The largest absolute Gasteiger partial charge is 0.309 e. The first-order chi connectivity index (χ1) is 19.9. The molecule has 4 nitrogen and oxygen atoms in total. The summed E-state index contributed by atoms with van der Waals surface area (Å²) in [4.78, 5) is 10.1. The van der Waals surface area contributed by atoms with Gasteiger partial charge in [-0.2, -0.15) is 0 Å². The van der Waals surface area contributed by atoms with Crippen molar-refractivity contribution < 1.29 is 0 Å². The second-order valence-electron chi connectivity index (χ2n) is 10.3. The summed E-state index contributed by atoms with van der Waals surface area (Å²) in [6.45, 7) is 0. The van der Waals surface area contributed by atoms with Crippen molar-refractivity contribution in [1.82, 2.24) is 19.1 Å². The molecule has 0 radical (unpaired) electrons. The Labute approximate surface area is 229 Å². The Bertz CT molecular complexity index is 2390. The number of benzene rings is 6. The predicted octanol–water partition coefficient (Wildman–Crippen LogP) is 8.98. The molecule has 0 spiro atoms. The third kappa shape index (κ3) is 2.85. The van der Waals surface area contributed by atoms with Crippen molar-refractivity contribution in [1.29, 1.82) is 0 Å². The molecule has 0 bridgehead atoms. The van der Waals surface area contributed by atoms with Gasteiger partial charge in [-0.15, -0.1) is 0 Å². The van der Waals surface area contributed by atoms with Gasteiger partial charge in [0.15, 0.2) is 0 Å². The van der Waals surface area contributed by atoms with E-state index in [9.17, 15) is 0 Å². The summed E-state index contributed by atoms with van der Waals surface area (Å²) in [7, 11) is 0. The molecule has 0 aliphatic carbocycles. The Morgan fingerprint density at radius 2 is 1.00 bits per heavy atom. The van der Waals surface area contributed by atoms with E-state index in [0.717, 1.165) is 33.0 Å². The fraction of sp³-hybridized carbons (Fsp3) is 0. The van der Waals surface area contributed by atoms with Crippen molar-refractivity contribution in [2.45, 2.75) is 0 Å². The van der Waals surface area contributed by atoms with Gasteiger partial charge in [0, 0.05) is 38.5 Å². The lowest BCUT2D eigenvalue weighted by Gasteiger charge is -2.11. The van der Waals surface area contributed by atoms with Crippen LogP contribution in [0, 0.1) is 0 Å². The molecular formula is C36H22N4. The van der Waals surface area contributed by atoms with Crippen LogP contribution in [0.25, 0.3) is 76.9 Å². The molecule has 0 N–H and O–H groups in total. The molecule has 0 saturated heterocycles. The van der Waals surface area contributed by atoms with E-state index in [-0.39, 0.29) is 0 Å². The van der Waals surface area contributed by atoms with Crippen LogP contribution in [0.3, 0.4) is 0 Å². The molecule has 40 heavy (non-hydrogen) atoms. The highest BCUT2D eigenvalue weighted by Crippen LogP contribution is 2.39. The topological polar surface area (TPSA) is 35.6 Å². The molecule has 4 heteroatoms. The number of fused-ring (bicyclic) bond motifs is 9. The van der Waals surface area contributed by atoms with E-state index in [1.54, 1.807) is 0 Å². The summed E-state index contributed by atoms with van der Waals surface area (Å²) in [6.07, 6.45) is 1.95. The average Bonchev–Trinajstić information content (AvgIpc) is 3.54. The third-order valence-electron chi connectivity index (χ3n) is 8.16. The summed E-state index contributed by atoms with van der Waals surface area (Å²) in [5.74, 6) is 0.675. The number of para-hydroxylation sites is 3. The predicted molar refractivity (Wildman–Crippen MR) is 166 cm³/mol. The molecule has 9 rings (SSSR count). The zero-order valence-corrected chi connectivity index (χ0v) is 21.5. The molecule has 0 unspecified atom stereocenters. The summed E-state index contributed by atoms with van der Waals surface area (Å²) in [5, 5.41) is 8.22. The molecule has 0 amide bonds. The van der Waals surface area contributed by atoms with Crippen molar-refractivity contribution in [2.24, 2.45) is 0 Å². The molecular weight excluding hydrogens is 488 g/mol. The van der Waals surface area contributed by atoms with Crippen molar-refractivity contribution in [3.8, 4) is 11.6 Å². The van der Waals surface area contributed by atoms with Crippen LogP contribution in [0.15, 0.2) is 134 Å². The minimum absolute atomic E-state index is 0.675. The van der Waals surface area contributed by atoms with E-state index in [4.69, 9.17) is 9.97 Å². The number of aromatic nitrogens is 4. The molecule has 0 saturated carbocycles. The van der Waals surface area contributed by atoms with E-state index >= 15 is 0 Å². The maximum absolute atomic E-state index is 5.18. The van der Waals surface area contributed by atoms with E-state index < -0.39 is 0 Å². The van der Waals surface area contributed by atoms with E-state index in [2.05, 4.69) is 137 Å². The van der Waals surface area contributed by atoms with Crippen molar-refractivity contribution in [3.63, 3.8) is 0 Å². The number of hydrogen-bond donors (Lipinski definition) is 0. The number of rotatable bonds is 2. The lowest BCUT2D eigenvalue weighted by atomic mass is 10.1. The van der Waals surface area contributed by atoms with Crippen LogP contribution in [0.5, 0.6) is 0 Å². The van der Waals surface area contributed by atoms with Crippen molar-refractivity contribution in [2.75, 3.05) is 0 Å². The van der Waals surface area contributed by atoms with Crippen LogP contribution in [0.2, 0.25) is 0 Å². The minimum atomic E-state index is 0.675. The van der Waals surface area contributed by atoms with Gasteiger partial charge in [-0.1, -0.05) is 97.1 Å². The van der Waals surface area contributed by atoms with Crippen LogP contribution >= 0.6 is 0 Å². The monoisotopic (exact) mass is 510 g/mol. The van der Waals surface area contributed by atoms with Gasteiger partial charge in [0.25, 0.3) is 0 Å². The fourth-order valence-electron chi connectivity index (χ4n) is 6.45. The standard InChI is InChI=1S/C36H22N4/c1-2-11-25-23(10-1)20-21-24-22-37-36(38-35(24)25)40-31-17-8-5-14-28(31)34-32(18-9-19-33(34)40)39-29-15-6-3-12-26(29)27-13-4-7-16-30(27)39/h1-22H. The van der Waals surface area contributed by atoms with Gasteiger partial charge in [0.1, 0.15) is 0 Å². The van der Waals surface area contributed by atoms with Crippen LogP contribution in [-0.4, -0.2) is 19.1 Å². The van der Waals surface area contributed by atoms with E-state index in [0.29, 0.717) is 5.95 Å². The molecule has 3 heterocycles. The van der Waals surface area contributed by atoms with Gasteiger partial charge in [-0.25, -0.2) is 9.97 Å². The Kier molecular flexibility index (Phi) is 4.30. The maximum Gasteiger partial charge on any atom is 0.235 e. The fourth-order valence-corrected chi connectivity index (χ4v) is 6.45. The van der Waals surface area contributed by atoms with Gasteiger partial charge in [-0.05, 0) is 35.7 Å². The molecule has 186 valence electrons.